The fourth-order valence-corrected chi connectivity index (χ4v) is 2.62. The Hall–Kier alpha value is -1.30. The molecule has 20 heavy (non-hydrogen) atoms. The van der Waals surface area contributed by atoms with Crippen molar-refractivity contribution in [1.82, 2.24) is 15.1 Å². The topological polar surface area (TPSA) is 72.9 Å². The maximum Gasteiger partial charge on any atom is 0.317 e. The third-order valence-corrected chi connectivity index (χ3v) is 3.99. The molecule has 0 radical (unpaired) electrons. The predicted octanol–water partition coefficient (Wildman–Crippen LogP) is 1.22. The Morgan fingerprint density at radius 3 is 2.70 bits per heavy atom. The molecule has 1 rings (SSSR count). The summed E-state index contributed by atoms with van der Waals surface area (Å²) in [6, 6.07) is 0.226. The first-order chi connectivity index (χ1) is 9.45. The molecule has 2 N–H and O–H groups in total. The van der Waals surface area contributed by atoms with E-state index >= 15 is 0 Å². The predicted molar refractivity (Wildman–Crippen MR) is 77.7 cm³/mol. The van der Waals surface area contributed by atoms with Crippen LogP contribution in [-0.2, 0) is 4.79 Å². The number of carboxylic acid groups (broad SMARTS) is 1. The van der Waals surface area contributed by atoms with Gasteiger partial charge >= 0.3 is 12.0 Å². The average Bonchev–Trinajstić information content (AvgIpc) is 2.79. The molecule has 116 valence electrons. The molecule has 2 atom stereocenters. The molecule has 6 heteroatoms. The molecule has 0 aromatic heterocycles. The fraction of sp³-hybridized carbons (Fsp3) is 0.857. The van der Waals surface area contributed by atoms with E-state index in [1.54, 1.807) is 11.9 Å². The zero-order valence-electron chi connectivity index (χ0n) is 12.8. The van der Waals surface area contributed by atoms with Crippen LogP contribution in [0.5, 0.6) is 0 Å². The van der Waals surface area contributed by atoms with Gasteiger partial charge in [0.25, 0.3) is 0 Å². The summed E-state index contributed by atoms with van der Waals surface area (Å²) in [6.45, 7) is 3.91. The van der Waals surface area contributed by atoms with Crippen molar-refractivity contribution >= 4 is 12.0 Å². The van der Waals surface area contributed by atoms with Crippen LogP contribution < -0.4 is 5.32 Å². The molecular formula is C14H27N3O3. The molecular weight excluding hydrogens is 258 g/mol. The Labute approximate surface area is 121 Å². The number of nitrogens with one attached hydrogen (secondary N) is 1. The number of urea groups is 1. The van der Waals surface area contributed by atoms with Crippen molar-refractivity contribution in [1.29, 1.82) is 0 Å². The van der Waals surface area contributed by atoms with Crippen LogP contribution in [0.15, 0.2) is 0 Å². The summed E-state index contributed by atoms with van der Waals surface area (Å²) in [5, 5.41) is 11.8. The van der Waals surface area contributed by atoms with Crippen LogP contribution in [0.25, 0.3) is 0 Å². The van der Waals surface area contributed by atoms with Crippen LogP contribution in [0.1, 0.15) is 32.6 Å². The van der Waals surface area contributed by atoms with Gasteiger partial charge in [-0.1, -0.05) is 13.3 Å². The molecule has 2 unspecified atom stereocenters. The van der Waals surface area contributed by atoms with E-state index in [4.69, 9.17) is 5.11 Å². The lowest BCUT2D eigenvalue weighted by Crippen LogP contribution is -2.45. The van der Waals surface area contributed by atoms with Gasteiger partial charge in [-0.05, 0) is 32.9 Å². The summed E-state index contributed by atoms with van der Waals surface area (Å²) >= 11 is 0. The summed E-state index contributed by atoms with van der Waals surface area (Å²) in [6.07, 6.45) is 3.68. The number of amides is 2. The van der Waals surface area contributed by atoms with Crippen molar-refractivity contribution in [3.8, 4) is 0 Å². The molecule has 1 aliphatic rings. The van der Waals surface area contributed by atoms with E-state index in [2.05, 4.69) is 17.3 Å². The van der Waals surface area contributed by atoms with Crippen LogP contribution in [0.2, 0.25) is 0 Å². The van der Waals surface area contributed by atoms with E-state index in [0.717, 1.165) is 19.4 Å². The van der Waals surface area contributed by atoms with Gasteiger partial charge in [0.2, 0.25) is 0 Å². The van der Waals surface area contributed by atoms with E-state index in [9.17, 15) is 9.59 Å². The molecule has 0 spiro atoms. The van der Waals surface area contributed by atoms with Gasteiger partial charge in [-0.25, -0.2) is 4.79 Å². The highest BCUT2D eigenvalue weighted by Crippen LogP contribution is 2.15. The van der Waals surface area contributed by atoms with Crippen molar-refractivity contribution in [3.05, 3.63) is 0 Å². The van der Waals surface area contributed by atoms with Crippen LogP contribution in [0, 0.1) is 5.92 Å². The van der Waals surface area contributed by atoms with Crippen molar-refractivity contribution in [2.75, 3.05) is 33.7 Å². The number of nitrogens with zero attached hydrogens (tertiary/aromatic N) is 2. The molecule has 0 aromatic carbocycles. The van der Waals surface area contributed by atoms with Crippen LogP contribution >= 0.6 is 0 Å². The molecule has 0 saturated carbocycles. The molecule has 1 aliphatic heterocycles. The van der Waals surface area contributed by atoms with E-state index in [-0.39, 0.29) is 12.6 Å². The maximum atomic E-state index is 12.0. The minimum Gasteiger partial charge on any atom is -0.481 e. The van der Waals surface area contributed by atoms with Crippen LogP contribution in [0.3, 0.4) is 0 Å². The number of hydrogen-bond donors (Lipinski definition) is 2. The second-order valence-electron chi connectivity index (χ2n) is 5.67. The standard InChI is InChI=1S/C14H27N3O3/c1-4-6-11(13(18)19)9-15-14(20)17(3)10-12-7-5-8-16(12)2/h11-12H,4-10H2,1-3H3,(H,15,20)(H,18,19). The number of carboxylic acids is 1. The highest BCUT2D eigenvalue weighted by molar-refractivity contribution is 5.75. The summed E-state index contributed by atoms with van der Waals surface area (Å²) in [5.41, 5.74) is 0. The lowest BCUT2D eigenvalue weighted by Gasteiger charge is -2.26. The molecule has 0 aromatic rings. The quantitative estimate of drug-likeness (QED) is 0.738. The lowest BCUT2D eigenvalue weighted by molar-refractivity contribution is -0.141. The van der Waals surface area contributed by atoms with Gasteiger partial charge in [-0.15, -0.1) is 0 Å². The maximum absolute atomic E-state index is 12.0. The largest absolute Gasteiger partial charge is 0.481 e. The minimum absolute atomic E-state index is 0.187. The molecule has 0 bridgehead atoms. The van der Waals surface area contributed by atoms with E-state index in [1.807, 2.05) is 6.92 Å². The van der Waals surface area contributed by atoms with Gasteiger partial charge in [0.15, 0.2) is 0 Å². The highest BCUT2D eigenvalue weighted by atomic mass is 16.4. The van der Waals surface area contributed by atoms with Gasteiger partial charge in [0, 0.05) is 26.2 Å². The Morgan fingerprint density at radius 2 is 2.20 bits per heavy atom. The lowest BCUT2D eigenvalue weighted by atomic mass is 10.0. The molecule has 1 heterocycles. The van der Waals surface area contributed by atoms with Crippen LogP contribution in [0.4, 0.5) is 4.79 Å². The monoisotopic (exact) mass is 285 g/mol. The zero-order chi connectivity index (χ0) is 15.1. The van der Waals surface area contributed by atoms with E-state index < -0.39 is 11.9 Å². The number of rotatable bonds is 7. The first-order valence-electron chi connectivity index (χ1n) is 7.37. The zero-order valence-corrected chi connectivity index (χ0v) is 12.8. The van der Waals surface area contributed by atoms with Crippen molar-refractivity contribution in [3.63, 3.8) is 0 Å². The summed E-state index contributed by atoms with van der Waals surface area (Å²) in [4.78, 5) is 26.9. The molecule has 1 saturated heterocycles. The first-order valence-corrected chi connectivity index (χ1v) is 7.37. The second kappa shape index (κ2) is 8.09. The van der Waals surface area contributed by atoms with Crippen LogP contribution in [-0.4, -0.2) is 66.7 Å². The highest BCUT2D eigenvalue weighted by Gasteiger charge is 2.24. The SMILES string of the molecule is CCCC(CNC(=O)N(C)CC1CCCN1C)C(=O)O. The third-order valence-electron chi connectivity index (χ3n) is 3.99. The van der Waals surface area contributed by atoms with Crippen molar-refractivity contribution < 1.29 is 14.7 Å². The van der Waals surface area contributed by atoms with E-state index in [0.29, 0.717) is 19.0 Å². The van der Waals surface area contributed by atoms with Gasteiger partial charge in [0.1, 0.15) is 0 Å². The smallest absolute Gasteiger partial charge is 0.317 e. The number of carbonyl (C=O) groups is 2. The number of carbonyl (C=O) groups excluding carboxylic acids is 1. The Kier molecular flexibility index (Phi) is 6.78. The molecule has 2 amide bonds. The van der Waals surface area contributed by atoms with E-state index in [1.165, 1.54) is 6.42 Å². The Bertz CT molecular complexity index is 336. The number of hydrogen-bond acceptors (Lipinski definition) is 3. The van der Waals surface area contributed by atoms with Gasteiger partial charge in [-0.2, -0.15) is 0 Å². The summed E-state index contributed by atoms with van der Waals surface area (Å²) in [7, 11) is 3.84. The molecule has 6 nitrogen and oxygen atoms in total. The molecule has 1 fully saturated rings. The average molecular weight is 285 g/mol. The summed E-state index contributed by atoms with van der Waals surface area (Å²) < 4.78 is 0. The number of likely N-dealkylation sites (N-methyl/N-ethyl adjacent to an activating group) is 2. The van der Waals surface area contributed by atoms with Crippen molar-refractivity contribution in [2.45, 2.75) is 38.6 Å². The number of aliphatic carboxylic acids is 1. The second-order valence-corrected chi connectivity index (χ2v) is 5.67. The molecule has 0 aliphatic carbocycles. The van der Waals surface area contributed by atoms with Gasteiger partial charge in [-0.3, -0.25) is 4.79 Å². The third kappa shape index (κ3) is 5.00. The fourth-order valence-electron chi connectivity index (χ4n) is 2.62. The first kappa shape index (κ1) is 16.8. The Morgan fingerprint density at radius 1 is 1.50 bits per heavy atom. The number of likely N-dealkylation sites (tertiary alicyclic amines) is 1. The van der Waals surface area contributed by atoms with Crippen molar-refractivity contribution in [2.24, 2.45) is 5.92 Å². The van der Waals surface area contributed by atoms with Gasteiger partial charge in [0.05, 0.1) is 5.92 Å². The Balaban J connectivity index is 2.35. The minimum atomic E-state index is -0.842. The summed E-state index contributed by atoms with van der Waals surface area (Å²) in [5.74, 6) is -1.34. The van der Waals surface area contributed by atoms with Gasteiger partial charge < -0.3 is 20.2 Å². The normalized spacial score (nSPS) is 20.6.